The molecule has 1 N–H and O–H groups in total. The third kappa shape index (κ3) is 4.34. The molecular weight excluding hydrogens is 380 g/mol. The lowest BCUT2D eigenvalue weighted by Crippen LogP contribution is -1.99. The fourth-order valence-corrected chi connectivity index (χ4v) is 3.42. The number of aryl methyl sites for hydroxylation is 1. The number of H-pyrrole nitrogens is 1. The molecule has 0 amide bonds. The van der Waals surface area contributed by atoms with Crippen LogP contribution in [-0.2, 0) is 6.42 Å². The summed E-state index contributed by atoms with van der Waals surface area (Å²) in [4.78, 5) is 17.1. The molecule has 0 radical (unpaired) electrons. The molecule has 4 aromatic rings. The minimum absolute atomic E-state index is 0.330. The number of fused-ring (bicyclic) bond motifs is 1. The van der Waals surface area contributed by atoms with Gasteiger partial charge in [0.25, 0.3) is 0 Å². The van der Waals surface area contributed by atoms with Crippen LogP contribution in [0.4, 0.5) is 0 Å². The molecule has 0 aromatic carbocycles. The highest BCUT2D eigenvalue weighted by Gasteiger charge is 2.13. The number of pyridine rings is 1. The van der Waals surface area contributed by atoms with Crippen LogP contribution in [-0.4, -0.2) is 36.0 Å². The van der Waals surface area contributed by atoms with E-state index in [1.807, 2.05) is 43.4 Å². The summed E-state index contributed by atoms with van der Waals surface area (Å²) in [6, 6.07) is 4.55. The molecule has 152 valence electrons. The Morgan fingerprint density at radius 3 is 2.55 bits per heavy atom. The Kier molecular flexibility index (Phi) is 6.69. The Balaban J connectivity index is 0.00000117. The average molecular weight is 409 g/mol. The number of thioether (sulfide) groups is 1. The van der Waals surface area contributed by atoms with E-state index in [1.54, 1.807) is 11.8 Å². The minimum Gasteiger partial charge on any atom is -0.345 e. The lowest BCUT2D eigenvalue weighted by molar-refractivity contribution is 0.532. The zero-order valence-electron chi connectivity index (χ0n) is 17.9. The summed E-state index contributed by atoms with van der Waals surface area (Å²) in [5, 5.41) is 6.29. The van der Waals surface area contributed by atoms with Crippen molar-refractivity contribution in [3.05, 3.63) is 42.6 Å². The molecule has 7 heteroatoms. The summed E-state index contributed by atoms with van der Waals surface area (Å²) in [7, 11) is 0. The van der Waals surface area contributed by atoms with Crippen LogP contribution in [0, 0.1) is 0 Å². The predicted molar refractivity (Wildman–Crippen MR) is 121 cm³/mol. The van der Waals surface area contributed by atoms with Gasteiger partial charge in [-0.3, -0.25) is 4.68 Å². The predicted octanol–water partition coefficient (Wildman–Crippen LogP) is 5.77. The van der Waals surface area contributed by atoms with E-state index in [1.165, 1.54) is 0 Å². The van der Waals surface area contributed by atoms with Crippen molar-refractivity contribution in [3.63, 3.8) is 0 Å². The van der Waals surface area contributed by atoms with Crippen LogP contribution < -0.4 is 0 Å². The van der Waals surface area contributed by atoms with Gasteiger partial charge in [-0.05, 0) is 38.7 Å². The van der Waals surface area contributed by atoms with Crippen molar-refractivity contribution in [2.75, 3.05) is 6.26 Å². The van der Waals surface area contributed by atoms with Crippen molar-refractivity contribution in [1.82, 2.24) is 29.7 Å². The summed E-state index contributed by atoms with van der Waals surface area (Å²) in [5.74, 6) is 0. The van der Waals surface area contributed by atoms with E-state index in [-0.39, 0.29) is 0 Å². The quantitative estimate of drug-likeness (QED) is 0.335. The maximum Gasteiger partial charge on any atom is 0.188 e. The highest BCUT2D eigenvalue weighted by atomic mass is 32.2. The van der Waals surface area contributed by atoms with Crippen LogP contribution in [0.5, 0.6) is 0 Å². The van der Waals surface area contributed by atoms with Gasteiger partial charge in [-0.15, -0.1) is 0 Å². The van der Waals surface area contributed by atoms with Gasteiger partial charge in [0.2, 0.25) is 0 Å². The highest BCUT2D eigenvalue weighted by Crippen LogP contribution is 2.31. The van der Waals surface area contributed by atoms with Gasteiger partial charge in [0.1, 0.15) is 5.65 Å². The first-order valence-corrected chi connectivity index (χ1v) is 11.3. The molecule has 4 rings (SSSR count). The average Bonchev–Trinajstić information content (AvgIpc) is 3.41. The van der Waals surface area contributed by atoms with Crippen molar-refractivity contribution in [3.8, 4) is 22.4 Å². The molecule has 29 heavy (non-hydrogen) atoms. The smallest absolute Gasteiger partial charge is 0.188 e. The maximum atomic E-state index is 4.71. The number of aromatic amines is 1. The Labute approximate surface area is 176 Å². The third-order valence-corrected chi connectivity index (χ3v) is 5.12. The summed E-state index contributed by atoms with van der Waals surface area (Å²) >= 11 is 1.56. The zero-order valence-corrected chi connectivity index (χ0v) is 18.7. The highest BCUT2D eigenvalue weighted by molar-refractivity contribution is 7.98. The Morgan fingerprint density at radius 1 is 1.10 bits per heavy atom. The first-order chi connectivity index (χ1) is 14.1. The van der Waals surface area contributed by atoms with Gasteiger partial charge < -0.3 is 4.98 Å². The van der Waals surface area contributed by atoms with Gasteiger partial charge in [-0.25, -0.2) is 15.0 Å². The lowest BCUT2D eigenvalue weighted by Gasteiger charge is -2.05. The second-order valence-corrected chi connectivity index (χ2v) is 7.48. The molecule has 0 fully saturated rings. The van der Waals surface area contributed by atoms with Gasteiger partial charge >= 0.3 is 0 Å². The number of hydrogen-bond acceptors (Lipinski definition) is 5. The molecule has 0 aliphatic rings. The van der Waals surface area contributed by atoms with Gasteiger partial charge in [0, 0.05) is 52.4 Å². The van der Waals surface area contributed by atoms with Crippen LogP contribution >= 0.6 is 11.8 Å². The number of nitrogens with one attached hydrogen (secondary N) is 1. The lowest BCUT2D eigenvalue weighted by atomic mass is 10.1. The Hall–Kier alpha value is -2.67. The van der Waals surface area contributed by atoms with E-state index in [4.69, 9.17) is 4.98 Å². The van der Waals surface area contributed by atoms with E-state index in [0.29, 0.717) is 6.04 Å². The molecule has 4 aromatic heterocycles. The topological polar surface area (TPSA) is 72.3 Å². The molecule has 0 aliphatic heterocycles. The molecule has 0 spiro atoms. The van der Waals surface area contributed by atoms with Gasteiger partial charge in [0.15, 0.2) is 5.16 Å². The minimum atomic E-state index is 0.330. The molecule has 0 aliphatic carbocycles. The van der Waals surface area contributed by atoms with Crippen LogP contribution in [0.25, 0.3) is 33.4 Å². The van der Waals surface area contributed by atoms with Crippen molar-refractivity contribution in [2.24, 2.45) is 0 Å². The molecular formula is C22H28N6S. The molecule has 0 saturated heterocycles. The fourth-order valence-electron chi connectivity index (χ4n) is 3.03. The summed E-state index contributed by atoms with van der Waals surface area (Å²) in [6.45, 7) is 10.3. The van der Waals surface area contributed by atoms with Crippen LogP contribution in [0.15, 0.2) is 42.1 Å². The zero-order chi connectivity index (χ0) is 21.0. The van der Waals surface area contributed by atoms with E-state index in [9.17, 15) is 0 Å². The largest absolute Gasteiger partial charge is 0.345 e. The Bertz CT molecular complexity index is 1070. The van der Waals surface area contributed by atoms with E-state index >= 15 is 0 Å². The molecule has 0 unspecified atom stereocenters. The number of aromatic nitrogens is 6. The van der Waals surface area contributed by atoms with Crippen molar-refractivity contribution >= 4 is 22.8 Å². The molecule has 0 atom stereocenters. The molecule has 0 saturated carbocycles. The van der Waals surface area contributed by atoms with E-state index < -0.39 is 0 Å². The van der Waals surface area contributed by atoms with Gasteiger partial charge in [-0.1, -0.05) is 32.5 Å². The fraction of sp³-hybridized carbons (Fsp3) is 0.364. The second kappa shape index (κ2) is 9.22. The monoisotopic (exact) mass is 408 g/mol. The first-order valence-electron chi connectivity index (χ1n) is 10.0. The Morgan fingerprint density at radius 2 is 1.90 bits per heavy atom. The number of hydrogen-bond donors (Lipinski definition) is 1. The molecule has 4 heterocycles. The van der Waals surface area contributed by atoms with Crippen molar-refractivity contribution in [1.29, 1.82) is 0 Å². The maximum absolute atomic E-state index is 4.71. The van der Waals surface area contributed by atoms with Crippen LogP contribution in [0.1, 0.15) is 46.4 Å². The molecule has 0 bridgehead atoms. The number of rotatable bonds is 5. The molecule has 6 nitrogen and oxygen atoms in total. The summed E-state index contributed by atoms with van der Waals surface area (Å²) in [5.41, 5.74) is 5.97. The standard InChI is InChI=1S/C20H22N6S.C2H6/c1-5-15-7-18(25-20(24-15)27-4)17-10-22-19-16(17)6-13(8-21-19)14-9-23-26(11-14)12(2)3;1-2/h6-12H,5H2,1-4H3,(H,21,22);1-2H3. The van der Waals surface area contributed by atoms with Crippen molar-refractivity contribution < 1.29 is 0 Å². The van der Waals surface area contributed by atoms with Crippen molar-refractivity contribution in [2.45, 2.75) is 52.2 Å². The number of nitrogens with zero attached hydrogens (tertiary/aromatic N) is 5. The van der Waals surface area contributed by atoms with Crippen LogP contribution in [0.2, 0.25) is 0 Å². The third-order valence-electron chi connectivity index (χ3n) is 4.57. The van der Waals surface area contributed by atoms with Gasteiger partial charge in [0.05, 0.1) is 11.9 Å². The first kappa shape index (κ1) is 21.0. The summed E-state index contributed by atoms with van der Waals surface area (Å²) in [6.07, 6.45) is 10.7. The second-order valence-electron chi connectivity index (χ2n) is 6.71. The van der Waals surface area contributed by atoms with E-state index in [0.717, 1.165) is 50.7 Å². The van der Waals surface area contributed by atoms with Crippen LogP contribution in [0.3, 0.4) is 0 Å². The SMILES string of the molecule is CC.CCc1cc(-c2c[nH]c3ncc(-c4cnn(C(C)C)c4)cc23)nc(SC)n1. The normalized spacial score (nSPS) is 11.0. The van der Waals surface area contributed by atoms with Gasteiger partial charge in [-0.2, -0.15) is 5.10 Å². The summed E-state index contributed by atoms with van der Waals surface area (Å²) < 4.78 is 1.96. The van der Waals surface area contributed by atoms with E-state index in [2.05, 4.69) is 59.2 Å².